The molecule has 112 valence electrons. The standard InChI is InChI=1S/C16H21N3O2/c1-4-20-11-12(2)21-15-10-14(17-3)18-16(19-15)13-8-6-5-7-9-13/h5-10,12H,4,11H2,1-3H3,(H,17,18,19). The van der Waals surface area contributed by atoms with Crippen LogP contribution >= 0.6 is 0 Å². The molecule has 0 amide bonds. The van der Waals surface area contributed by atoms with Gasteiger partial charge >= 0.3 is 0 Å². The third kappa shape index (κ3) is 4.43. The molecule has 1 aromatic carbocycles. The first-order chi connectivity index (χ1) is 10.2. The second-order valence-electron chi connectivity index (χ2n) is 4.62. The van der Waals surface area contributed by atoms with Crippen LogP contribution in [0.5, 0.6) is 5.88 Å². The lowest BCUT2D eigenvalue weighted by atomic mass is 10.2. The average Bonchev–Trinajstić information content (AvgIpc) is 2.53. The number of hydrogen-bond acceptors (Lipinski definition) is 5. The molecule has 0 fully saturated rings. The van der Waals surface area contributed by atoms with Gasteiger partial charge in [-0.25, -0.2) is 4.98 Å². The summed E-state index contributed by atoms with van der Waals surface area (Å²) in [4.78, 5) is 8.93. The molecule has 1 aromatic heterocycles. The van der Waals surface area contributed by atoms with Gasteiger partial charge < -0.3 is 14.8 Å². The molecule has 2 aromatic rings. The Morgan fingerprint density at radius 1 is 1.19 bits per heavy atom. The summed E-state index contributed by atoms with van der Waals surface area (Å²) in [6.45, 7) is 5.13. The van der Waals surface area contributed by atoms with Crippen LogP contribution in [0.3, 0.4) is 0 Å². The van der Waals surface area contributed by atoms with Gasteiger partial charge in [-0.1, -0.05) is 30.3 Å². The minimum absolute atomic E-state index is 0.0619. The highest BCUT2D eigenvalue weighted by molar-refractivity contribution is 5.58. The summed E-state index contributed by atoms with van der Waals surface area (Å²) in [6.07, 6.45) is -0.0619. The van der Waals surface area contributed by atoms with Gasteiger partial charge in [0.2, 0.25) is 5.88 Å². The lowest BCUT2D eigenvalue weighted by Crippen LogP contribution is -2.20. The summed E-state index contributed by atoms with van der Waals surface area (Å²) < 4.78 is 11.2. The highest BCUT2D eigenvalue weighted by Crippen LogP contribution is 2.21. The normalized spacial score (nSPS) is 12.0. The number of anilines is 1. The van der Waals surface area contributed by atoms with E-state index in [0.29, 0.717) is 24.9 Å². The van der Waals surface area contributed by atoms with Crippen molar-refractivity contribution in [1.29, 1.82) is 0 Å². The summed E-state index contributed by atoms with van der Waals surface area (Å²) >= 11 is 0. The van der Waals surface area contributed by atoms with E-state index < -0.39 is 0 Å². The fourth-order valence-electron chi connectivity index (χ4n) is 1.85. The smallest absolute Gasteiger partial charge is 0.219 e. The van der Waals surface area contributed by atoms with Gasteiger partial charge in [0.1, 0.15) is 11.9 Å². The van der Waals surface area contributed by atoms with E-state index in [1.54, 1.807) is 6.07 Å². The van der Waals surface area contributed by atoms with Crippen molar-refractivity contribution in [1.82, 2.24) is 9.97 Å². The number of rotatable bonds is 7. The van der Waals surface area contributed by atoms with Crippen LogP contribution < -0.4 is 10.1 Å². The minimum atomic E-state index is -0.0619. The maximum atomic E-state index is 5.80. The molecular weight excluding hydrogens is 266 g/mol. The second-order valence-corrected chi connectivity index (χ2v) is 4.62. The van der Waals surface area contributed by atoms with Crippen LogP contribution in [0.4, 0.5) is 5.82 Å². The number of hydrogen-bond donors (Lipinski definition) is 1. The van der Waals surface area contributed by atoms with Crippen molar-refractivity contribution in [2.45, 2.75) is 20.0 Å². The van der Waals surface area contributed by atoms with Gasteiger partial charge in [0.15, 0.2) is 5.82 Å². The van der Waals surface area contributed by atoms with E-state index in [0.717, 1.165) is 11.4 Å². The van der Waals surface area contributed by atoms with Crippen molar-refractivity contribution in [3.63, 3.8) is 0 Å². The molecule has 0 aliphatic heterocycles. The third-order valence-corrected chi connectivity index (χ3v) is 2.87. The Balaban J connectivity index is 2.22. The topological polar surface area (TPSA) is 56.3 Å². The number of nitrogens with one attached hydrogen (secondary N) is 1. The Hall–Kier alpha value is -2.14. The van der Waals surface area contributed by atoms with Gasteiger partial charge in [0.05, 0.1) is 6.61 Å². The number of ether oxygens (including phenoxy) is 2. The van der Waals surface area contributed by atoms with Gasteiger partial charge in [-0.05, 0) is 13.8 Å². The van der Waals surface area contributed by atoms with E-state index in [1.807, 2.05) is 51.2 Å². The Bertz CT molecular complexity index is 561. The molecule has 2 rings (SSSR count). The zero-order valence-corrected chi connectivity index (χ0v) is 12.7. The maximum Gasteiger partial charge on any atom is 0.219 e. The van der Waals surface area contributed by atoms with E-state index in [1.165, 1.54) is 0 Å². The SMILES string of the molecule is CCOCC(C)Oc1cc(NC)nc(-c2ccccc2)n1. The molecule has 1 unspecified atom stereocenters. The molecule has 21 heavy (non-hydrogen) atoms. The predicted molar refractivity (Wildman–Crippen MR) is 83.6 cm³/mol. The molecule has 1 atom stereocenters. The molecule has 1 N–H and O–H groups in total. The van der Waals surface area contributed by atoms with E-state index in [-0.39, 0.29) is 6.10 Å². The van der Waals surface area contributed by atoms with Gasteiger partial charge in [-0.3, -0.25) is 0 Å². The molecule has 0 bridgehead atoms. The van der Waals surface area contributed by atoms with E-state index >= 15 is 0 Å². The molecule has 1 heterocycles. The molecule has 0 saturated carbocycles. The van der Waals surface area contributed by atoms with E-state index in [9.17, 15) is 0 Å². The Morgan fingerprint density at radius 3 is 2.62 bits per heavy atom. The maximum absolute atomic E-state index is 5.80. The third-order valence-electron chi connectivity index (χ3n) is 2.87. The molecule has 0 aliphatic carbocycles. The fourth-order valence-corrected chi connectivity index (χ4v) is 1.85. The second kappa shape index (κ2) is 7.59. The van der Waals surface area contributed by atoms with Gasteiger partial charge in [0, 0.05) is 25.3 Å². The van der Waals surface area contributed by atoms with Crippen LogP contribution in [0.2, 0.25) is 0 Å². The molecule has 5 heteroatoms. The highest BCUT2D eigenvalue weighted by atomic mass is 16.5. The molecule has 0 saturated heterocycles. The first kappa shape index (κ1) is 15.3. The molecule has 0 spiro atoms. The van der Waals surface area contributed by atoms with Crippen LogP contribution in [0.1, 0.15) is 13.8 Å². The average molecular weight is 287 g/mol. The molecule has 0 radical (unpaired) electrons. The zero-order valence-electron chi connectivity index (χ0n) is 12.7. The minimum Gasteiger partial charge on any atom is -0.472 e. The molecule has 5 nitrogen and oxygen atoms in total. The first-order valence-corrected chi connectivity index (χ1v) is 7.09. The fraction of sp³-hybridized carbons (Fsp3) is 0.375. The lowest BCUT2D eigenvalue weighted by molar-refractivity contribution is 0.0634. The summed E-state index contributed by atoms with van der Waals surface area (Å²) in [5.41, 5.74) is 0.955. The van der Waals surface area contributed by atoms with Crippen LogP contribution in [0, 0.1) is 0 Å². The monoisotopic (exact) mass is 287 g/mol. The van der Waals surface area contributed by atoms with Crippen molar-refractivity contribution >= 4 is 5.82 Å². The van der Waals surface area contributed by atoms with Gasteiger partial charge in [0.25, 0.3) is 0 Å². The predicted octanol–water partition coefficient (Wildman–Crippen LogP) is 2.99. The van der Waals surface area contributed by atoms with Gasteiger partial charge in [-0.2, -0.15) is 4.98 Å². The Kier molecular flexibility index (Phi) is 5.51. The largest absolute Gasteiger partial charge is 0.472 e. The summed E-state index contributed by atoms with van der Waals surface area (Å²) in [5.74, 6) is 1.91. The van der Waals surface area contributed by atoms with Crippen molar-refractivity contribution in [2.24, 2.45) is 0 Å². The van der Waals surface area contributed by atoms with Crippen molar-refractivity contribution in [3.05, 3.63) is 36.4 Å². The lowest BCUT2D eigenvalue weighted by Gasteiger charge is -2.15. The number of benzene rings is 1. The summed E-state index contributed by atoms with van der Waals surface area (Å²) in [6, 6.07) is 11.6. The highest BCUT2D eigenvalue weighted by Gasteiger charge is 2.10. The Labute approximate surface area is 125 Å². The zero-order chi connectivity index (χ0) is 15.1. The molecular formula is C16H21N3O2. The van der Waals surface area contributed by atoms with Gasteiger partial charge in [-0.15, -0.1) is 0 Å². The molecule has 0 aliphatic rings. The first-order valence-electron chi connectivity index (χ1n) is 7.09. The Morgan fingerprint density at radius 2 is 1.95 bits per heavy atom. The van der Waals surface area contributed by atoms with Crippen molar-refractivity contribution in [3.8, 4) is 17.3 Å². The van der Waals surface area contributed by atoms with E-state index in [2.05, 4.69) is 15.3 Å². The van der Waals surface area contributed by atoms with Crippen LogP contribution in [-0.4, -0.2) is 36.3 Å². The summed E-state index contributed by atoms with van der Waals surface area (Å²) in [7, 11) is 1.82. The van der Waals surface area contributed by atoms with Crippen LogP contribution in [0.15, 0.2) is 36.4 Å². The number of nitrogens with zero attached hydrogens (tertiary/aromatic N) is 2. The number of aromatic nitrogens is 2. The van der Waals surface area contributed by atoms with Crippen molar-refractivity contribution < 1.29 is 9.47 Å². The van der Waals surface area contributed by atoms with Crippen LogP contribution in [0.25, 0.3) is 11.4 Å². The van der Waals surface area contributed by atoms with E-state index in [4.69, 9.17) is 9.47 Å². The summed E-state index contributed by atoms with van der Waals surface area (Å²) in [5, 5.41) is 3.03. The van der Waals surface area contributed by atoms with Crippen molar-refractivity contribution in [2.75, 3.05) is 25.6 Å². The quantitative estimate of drug-likeness (QED) is 0.848. The van der Waals surface area contributed by atoms with Crippen LogP contribution in [-0.2, 0) is 4.74 Å².